The topological polar surface area (TPSA) is 80.5 Å². The van der Waals surface area contributed by atoms with Gasteiger partial charge in [-0.1, -0.05) is 11.6 Å². The van der Waals surface area contributed by atoms with Crippen molar-refractivity contribution in [2.24, 2.45) is 0 Å². The number of aromatic nitrogens is 1. The van der Waals surface area contributed by atoms with Crippen molar-refractivity contribution in [3.63, 3.8) is 0 Å². The van der Waals surface area contributed by atoms with Gasteiger partial charge >= 0.3 is 5.69 Å². The monoisotopic (exact) mass is 480 g/mol. The molecule has 10 heteroatoms. The number of nitro benzene ring substituents is 1. The molecule has 2 heterocycles. The maximum atomic E-state index is 14.5. The fourth-order valence-electron chi connectivity index (χ4n) is 3.31. The average Bonchev–Trinajstić information content (AvgIpc) is 2.71. The molecule has 0 unspecified atom stereocenters. The van der Waals surface area contributed by atoms with Gasteiger partial charge < -0.3 is 15.0 Å². The van der Waals surface area contributed by atoms with Crippen LogP contribution in [0.3, 0.4) is 0 Å². The van der Waals surface area contributed by atoms with Gasteiger partial charge in [-0.2, -0.15) is 0 Å². The molecule has 3 aromatic rings. The Kier molecular flexibility index (Phi) is 5.53. The van der Waals surface area contributed by atoms with Crippen LogP contribution in [0.4, 0.5) is 27.1 Å². The molecule has 0 aliphatic carbocycles. The largest absolute Gasteiger partial charge is 0.378 e. The van der Waals surface area contributed by atoms with Gasteiger partial charge in [0.15, 0.2) is 0 Å². The molecule has 1 saturated heterocycles. The highest BCUT2D eigenvalue weighted by Crippen LogP contribution is 2.40. The Morgan fingerprint density at radius 1 is 1.24 bits per heavy atom. The lowest BCUT2D eigenvalue weighted by Crippen LogP contribution is -2.36. The Morgan fingerprint density at radius 3 is 2.72 bits per heavy atom. The van der Waals surface area contributed by atoms with Crippen molar-refractivity contribution in [1.29, 1.82) is 0 Å². The zero-order valence-corrected chi connectivity index (χ0v) is 17.3. The summed E-state index contributed by atoms with van der Waals surface area (Å²) in [6.07, 6.45) is 1.47. The summed E-state index contributed by atoms with van der Waals surface area (Å²) in [5.74, 6) is -0.522. The number of hydrogen-bond donors (Lipinski definition) is 1. The summed E-state index contributed by atoms with van der Waals surface area (Å²) in [5.41, 5.74) is 1.50. The lowest BCUT2D eigenvalue weighted by Gasteiger charge is -2.29. The van der Waals surface area contributed by atoms with E-state index in [0.29, 0.717) is 41.5 Å². The van der Waals surface area contributed by atoms with Crippen molar-refractivity contribution >= 4 is 61.2 Å². The molecule has 1 aliphatic rings. The zero-order valence-electron chi connectivity index (χ0n) is 15.0. The maximum Gasteiger partial charge on any atom is 0.306 e. The fraction of sp³-hybridized carbons (Fsp3) is 0.211. The Bertz CT molecular complexity index is 1110. The van der Waals surface area contributed by atoms with Crippen molar-refractivity contribution in [2.75, 3.05) is 36.5 Å². The second-order valence-electron chi connectivity index (χ2n) is 6.42. The fourth-order valence-corrected chi connectivity index (χ4v) is 4.11. The first-order valence-electron chi connectivity index (χ1n) is 8.76. The van der Waals surface area contributed by atoms with E-state index in [9.17, 15) is 14.5 Å². The average molecular weight is 482 g/mol. The Balaban J connectivity index is 1.84. The number of halogens is 3. The van der Waals surface area contributed by atoms with Crippen molar-refractivity contribution < 1.29 is 14.1 Å². The summed E-state index contributed by atoms with van der Waals surface area (Å²) in [6.45, 7) is 2.50. The molecule has 29 heavy (non-hydrogen) atoms. The first kappa shape index (κ1) is 19.8. The van der Waals surface area contributed by atoms with Crippen LogP contribution in [-0.2, 0) is 4.74 Å². The number of hydrogen-bond acceptors (Lipinski definition) is 6. The van der Waals surface area contributed by atoms with E-state index >= 15 is 0 Å². The first-order valence-corrected chi connectivity index (χ1v) is 9.93. The summed E-state index contributed by atoms with van der Waals surface area (Å²) in [4.78, 5) is 17.4. The number of ether oxygens (including phenoxy) is 1. The van der Waals surface area contributed by atoms with Crippen molar-refractivity contribution in [2.45, 2.75) is 0 Å². The van der Waals surface area contributed by atoms with Gasteiger partial charge in [0.05, 0.1) is 44.2 Å². The van der Waals surface area contributed by atoms with Crippen LogP contribution in [0.25, 0.3) is 10.9 Å². The summed E-state index contributed by atoms with van der Waals surface area (Å²) >= 11 is 9.45. The van der Waals surface area contributed by atoms with Gasteiger partial charge in [0.25, 0.3) is 0 Å². The highest BCUT2D eigenvalue weighted by atomic mass is 79.9. The summed E-state index contributed by atoms with van der Waals surface area (Å²) in [7, 11) is 0. The first-order chi connectivity index (χ1) is 14.0. The molecule has 1 aromatic heterocycles. The minimum Gasteiger partial charge on any atom is -0.378 e. The Morgan fingerprint density at radius 2 is 2.00 bits per heavy atom. The van der Waals surface area contributed by atoms with E-state index in [1.165, 1.54) is 18.3 Å². The molecular formula is C19H15BrClFN4O3. The lowest BCUT2D eigenvalue weighted by atomic mass is 10.1. The molecule has 0 spiro atoms. The van der Waals surface area contributed by atoms with Crippen LogP contribution in [0.15, 0.2) is 41.0 Å². The molecule has 0 atom stereocenters. The molecule has 0 amide bonds. The van der Waals surface area contributed by atoms with Crippen molar-refractivity contribution in [1.82, 2.24) is 4.98 Å². The van der Waals surface area contributed by atoms with Crippen LogP contribution in [0.1, 0.15) is 0 Å². The Labute approximate surface area is 178 Å². The molecule has 1 aliphatic heterocycles. The van der Waals surface area contributed by atoms with Gasteiger partial charge in [-0.25, -0.2) is 4.39 Å². The number of nitro groups is 1. The molecule has 1 N–H and O–H groups in total. The number of nitrogens with one attached hydrogen (secondary N) is 1. The van der Waals surface area contributed by atoms with E-state index in [2.05, 4.69) is 31.1 Å². The summed E-state index contributed by atoms with van der Waals surface area (Å²) in [6, 6.07) is 7.61. The molecule has 2 aromatic carbocycles. The van der Waals surface area contributed by atoms with Crippen LogP contribution in [0, 0.1) is 15.9 Å². The standard InChI is InChI=1S/C19H15BrClFN4O3/c20-12-9-11(25-5-7-29-8-6-25)10-16(19(12)26(27)28)24-15-3-4-23-18-13(21)1-2-14(22)17(15)18/h1-4,9-10H,5-8H2,(H,23,24). The minimum atomic E-state index is -0.522. The van der Waals surface area contributed by atoms with E-state index in [0.717, 1.165) is 5.69 Å². The van der Waals surface area contributed by atoms with Gasteiger partial charge in [-0.15, -0.1) is 0 Å². The third-order valence-electron chi connectivity index (χ3n) is 4.67. The van der Waals surface area contributed by atoms with E-state index in [-0.39, 0.29) is 22.3 Å². The zero-order chi connectivity index (χ0) is 20.5. The molecular weight excluding hydrogens is 467 g/mol. The molecule has 7 nitrogen and oxygen atoms in total. The van der Waals surface area contributed by atoms with Crippen LogP contribution in [0.5, 0.6) is 0 Å². The maximum absolute atomic E-state index is 14.5. The normalized spacial score (nSPS) is 14.2. The predicted octanol–water partition coefficient (Wildman–Crippen LogP) is 5.28. The van der Waals surface area contributed by atoms with E-state index < -0.39 is 10.7 Å². The number of morpholine rings is 1. The molecule has 0 bridgehead atoms. The quantitative estimate of drug-likeness (QED) is 0.403. The van der Waals surface area contributed by atoms with Crippen LogP contribution < -0.4 is 10.2 Å². The number of nitrogens with zero attached hydrogens (tertiary/aromatic N) is 3. The van der Waals surface area contributed by atoms with Crippen LogP contribution >= 0.6 is 27.5 Å². The van der Waals surface area contributed by atoms with E-state index in [1.54, 1.807) is 18.2 Å². The van der Waals surface area contributed by atoms with Gasteiger partial charge in [0, 0.05) is 25.0 Å². The van der Waals surface area contributed by atoms with Gasteiger partial charge in [-0.3, -0.25) is 15.1 Å². The number of fused-ring (bicyclic) bond motifs is 1. The highest BCUT2D eigenvalue weighted by Gasteiger charge is 2.24. The van der Waals surface area contributed by atoms with Gasteiger partial charge in [0.2, 0.25) is 0 Å². The number of rotatable bonds is 4. The van der Waals surface area contributed by atoms with Crippen molar-refractivity contribution in [3.05, 3.63) is 62.0 Å². The molecule has 4 rings (SSSR count). The second kappa shape index (κ2) is 8.10. The third kappa shape index (κ3) is 3.85. The summed E-state index contributed by atoms with van der Waals surface area (Å²) in [5, 5.41) is 15.2. The van der Waals surface area contributed by atoms with Gasteiger partial charge in [0.1, 0.15) is 11.5 Å². The molecule has 0 saturated carbocycles. The van der Waals surface area contributed by atoms with Crippen LogP contribution in [-0.4, -0.2) is 36.2 Å². The minimum absolute atomic E-state index is 0.144. The number of benzene rings is 2. The van der Waals surface area contributed by atoms with E-state index in [4.69, 9.17) is 16.3 Å². The predicted molar refractivity (Wildman–Crippen MR) is 114 cm³/mol. The smallest absolute Gasteiger partial charge is 0.306 e. The van der Waals surface area contributed by atoms with Crippen LogP contribution in [0.2, 0.25) is 5.02 Å². The van der Waals surface area contributed by atoms with Crippen molar-refractivity contribution in [3.8, 4) is 0 Å². The highest BCUT2D eigenvalue weighted by molar-refractivity contribution is 9.10. The number of anilines is 3. The second-order valence-corrected chi connectivity index (χ2v) is 7.68. The van der Waals surface area contributed by atoms with Gasteiger partial charge in [-0.05, 0) is 46.3 Å². The molecule has 1 fully saturated rings. The molecule has 150 valence electrons. The van der Waals surface area contributed by atoms with E-state index in [1.807, 2.05) is 0 Å². The lowest BCUT2D eigenvalue weighted by molar-refractivity contribution is -0.384. The number of pyridine rings is 1. The third-order valence-corrected chi connectivity index (χ3v) is 5.58. The summed E-state index contributed by atoms with van der Waals surface area (Å²) < 4.78 is 20.2. The molecule has 0 radical (unpaired) electrons. The SMILES string of the molecule is O=[N+]([O-])c1c(Br)cc(N2CCOCC2)cc1Nc1ccnc2c(Cl)ccc(F)c12. The Hall–Kier alpha value is -2.49.